The molecule has 0 spiro atoms. The number of rotatable bonds is 5. The molecule has 1 aliphatic rings. The summed E-state index contributed by atoms with van der Waals surface area (Å²) in [6.07, 6.45) is 1.49. The molecule has 0 aromatic carbocycles. The van der Waals surface area contributed by atoms with Crippen molar-refractivity contribution in [3.05, 3.63) is 11.8 Å². The maximum atomic E-state index is 11.7. The first-order valence-corrected chi connectivity index (χ1v) is 5.74. The number of esters is 2. The third-order valence-corrected chi connectivity index (χ3v) is 2.36. The van der Waals surface area contributed by atoms with Crippen LogP contribution >= 0.6 is 0 Å². The molecule has 6 heteroatoms. The number of hydrogen-bond donors (Lipinski definition) is 0. The highest BCUT2D eigenvalue weighted by atomic mass is 16.8. The molecular weight excluding hydrogens is 240 g/mol. The van der Waals surface area contributed by atoms with E-state index in [9.17, 15) is 14.4 Å². The molecule has 0 radical (unpaired) electrons. The molecule has 100 valence electrons. The molecule has 0 bridgehead atoms. The molecule has 1 rings (SSSR count). The van der Waals surface area contributed by atoms with Gasteiger partial charge in [-0.15, -0.1) is 0 Å². The predicted octanol–water partition coefficient (Wildman–Crippen LogP) is 1.09. The Balaban J connectivity index is 2.87. The van der Waals surface area contributed by atoms with Gasteiger partial charge >= 0.3 is 17.7 Å². The summed E-state index contributed by atoms with van der Waals surface area (Å²) in [6, 6.07) is 0. The lowest BCUT2D eigenvalue weighted by atomic mass is 10.2. The van der Waals surface area contributed by atoms with Crippen molar-refractivity contribution >= 4 is 17.7 Å². The third-order valence-electron chi connectivity index (χ3n) is 2.36. The van der Waals surface area contributed by atoms with E-state index in [2.05, 4.69) is 0 Å². The molecule has 0 amide bonds. The minimum absolute atomic E-state index is 0.0487. The number of Topliss-reactive ketones (excluding diaryl/α,β-unsaturated/α-hetero) is 1. The smallest absolute Gasteiger partial charge is 0.392 e. The van der Waals surface area contributed by atoms with E-state index in [4.69, 9.17) is 14.2 Å². The van der Waals surface area contributed by atoms with E-state index in [1.165, 1.54) is 13.0 Å². The fraction of sp³-hybridized carbons (Fsp3) is 0.583. The number of allylic oxidation sites excluding steroid dienone is 1. The Morgan fingerprint density at radius 1 is 1.33 bits per heavy atom. The lowest BCUT2D eigenvalue weighted by Gasteiger charge is -2.21. The van der Waals surface area contributed by atoms with Crippen LogP contribution in [0.3, 0.4) is 0 Å². The zero-order valence-corrected chi connectivity index (χ0v) is 10.6. The van der Waals surface area contributed by atoms with Gasteiger partial charge in [0.25, 0.3) is 0 Å². The van der Waals surface area contributed by atoms with Gasteiger partial charge in [-0.25, -0.2) is 9.59 Å². The minimum Gasteiger partial charge on any atom is -0.460 e. The van der Waals surface area contributed by atoms with Crippen molar-refractivity contribution in [1.29, 1.82) is 0 Å². The molecule has 1 unspecified atom stereocenters. The molecule has 0 N–H and O–H groups in total. The Morgan fingerprint density at radius 2 is 2.00 bits per heavy atom. The van der Waals surface area contributed by atoms with Gasteiger partial charge in [-0.05, 0) is 19.9 Å². The monoisotopic (exact) mass is 256 g/mol. The van der Waals surface area contributed by atoms with Gasteiger partial charge in [-0.1, -0.05) is 6.92 Å². The van der Waals surface area contributed by atoms with E-state index in [1.54, 1.807) is 13.8 Å². The standard InChI is InChI=1S/C12H16O6/c1-4-12(11(15)16-5-2)17-9(10(14)18-12)7-6-8(3)13/h7H,4-6H2,1-3H3/b9-7-. The maximum Gasteiger partial charge on any atom is 0.392 e. The van der Waals surface area contributed by atoms with Crippen molar-refractivity contribution in [1.82, 2.24) is 0 Å². The number of hydrogen-bond acceptors (Lipinski definition) is 6. The minimum atomic E-state index is -1.71. The maximum absolute atomic E-state index is 11.7. The van der Waals surface area contributed by atoms with Crippen LogP contribution in [0.4, 0.5) is 0 Å². The molecule has 6 nitrogen and oxygen atoms in total. The van der Waals surface area contributed by atoms with Crippen LogP contribution < -0.4 is 0 Å². The number of carbonyl (C=O) groups excluding carboxylic acids is 3. The van der Waals surface area contributed by atoms with Crippen molar-refractivity contribution in [3.63, 3.8) is 0 Å². The molecule has 0 saturated carbocycles. The molecule has 0 aromatic rings. The number of carbonyl (C=O) groups is 3. The van der Waals surface area contributed by atoms with Crippen LogP contribution in [-0.2, 0) is 28.6 Å². The first kappa shape index (κ1) is 14.2. The summed E-state index contributed by atoms with van der Waals surface area (Å²) >= 11 is 0. The molecule has 18 heavy (non-hydrogen) atoms. The van der Waals surface area contributed by atoms with Crippen LogP contribution in [0, 0.1) is 0 Å². The van der Waals surface area contributed by atoms with Crippen LogP contribution in [0.1, 0.15) is 33.6 Å². The summed E-state index contributed by atoms with van der Waals surface area (Å²) in [6.45, 7) is 4.83. The van der Waals surface area contributed by atoms with Gasteiger partial charge in [0.15, 0.2) is 0 Å². The molecule has 1 heterocycles. The van der Waals surface area contributed by atoms with Crippen LogP contribution in [0.2, 0.25) is 0 Å². The van der Waals surface area contributed by atoms with E-state index in [1.807, 2.05) is 0 Å². The van der Waals surface area contributed by atoms with Crippen molar-refractivity contribution in [2.45, 2.75) is 39.4 Å². The van der Waals surface area contributed by atoms with Crippen LogP contribution in [-0.4, -0.2) is 30.1 Å². The molecule has 1 saturated heterocycles. The fourth-order valence-corrected chi connectivity index (χ4v) is 1.41. The molecule has 1 fully saturated rings. The van der Waals surface area contributed by atoms with Crippen LogP contribution in [0.25, 0.3) is 0 Å². The number of ether oxygens (including phenoxy) is 3. The first-order valence-electron chi connectivity index (χ1n) is 5.74. The quantitative estimate of drug-likeness (QED) is 0.541. The van der Waals surface area contributed by atoms with Crippen LogP contribution in [0.15, 0.2) is 11.8 Å². The summed E-state index contributed by atoms with van der Waals surface area (Å²) in [7, 11) is 0. The van der Waals surface area contributed by atoms with Crippen LogP contribution in [0.5, 0.6) is 0 Å². The van der Waals surface area contributed by atoms with Gasteiger partial charge in [0.1, 0.15) is 5.78 Å². The zero-order valence-electron chi connectivity index (χ0n) is 10.6. The second kappa shape index (κ2) is 5.66. The summed E-state index contributed by atoms with van der Waals surface area (Å²) in [5.41, 5.74) is 0. The van der Waals surface area contributed by atoms with Gasteiger partial charge < -0.3 is 14.2 Å². The molecular formula is C12H16O6. The summed E-state index contributed by atoms with van der Waals surface area (Å²) in [4.78, 5) is 34.1. The molecule has 1 aliphatic heterocycles. The van der Waals surface area contributed by atoms with Gasteiger partial charge in [0.2, 0.25) is 5.76 Å². The largest absolute Gasteiger partial charge is 0.460 e. The van der Waals surface area contributed by atoms with E-state index >= 15 is 0 Å². The Hall–Kier alpha value is -1.85. The highest BCUT2D eigenvalue weighted by molar-refractivity contribution is 5.94. The molecule has 0 aliphatic carbocycles. The Labute approximate surface area is 105 Å². The Bertz CT molecular complexity index is 397. The molecule has 0 aromatic heterocycles. The summed E-state index contributed by atoms with van der Waals surface area (Å²) < 4.78 is 15.0. The predicted molar refractivity (Wildman–Crippen MR) is 60.2 cm³/mol. The third kappa shape index (κ3) is 2.88. The van der Waals surface area contributed by atoms with Gasteiger partial charge in [-0.3, -0.25) is 4.79 Å². The van der Waals surface area contributed by atoms with E-state index in [0.29, 0.717) is 0 Å². The SMILES string of the molecule is CCOC(=O)C1(CC)OC(=O)/C(=C/CC(C)=O)O1. The highest BCUT2D eigenvalue weighted by Crippen LogP contribution is 2.31. The zero-order chi connectivity index (χ0) is 13.8. The second-order valence-electron chi connectivity index (χ2n) is 3.79. The molecule has 1 atom stereocenters. The van der Waals surface area contributed by atoms with E-state index in [-0.39, 0.29) is 31.0 Å². The topological polar surface area (TPSA) is 78.9 Å². The average Bonchev–Trinajstić information content (AvgIpc) is 2.65. The van der Waals surface area contributed by atoms with Crippen molar-refractivity contribution in [3.8, 4) is 0 Å². The van der Waals surface area contributed by atoms with Gasteiger partial charge in [0, 0.05) is 12.8 Å². The normalized spacial score (nSPS) is 24.6. The number of ketones is 1. The fourth-order valence-electron chi connectivity index (χ4n) is 1.41. The van der Waals surface area contributed by atoms with Gasteiger partial charge in [-0.2, -0.15) is 0 Å². The summed E-state index contributed by atoms with van der Waals surface area (Å²) in [5, 5.41) is 0. The Morgan fingerprint density at radius 3 is 2.50 bits per heavy atom. The second-order valence-corrected chi connectivity index (χ2v) is 3.79. The van der Waals surface area contributed by atoms with E-state index in [0.717, 1.165) is 0 Å². The van der Waals surface area contributed by atoms with E-state index < -0.39 is 17.7 Å². The average molecular weight is 256 g/mol. The summed E-state index contributed by atoms with van der Waals surface area (Å²) in [5.74, 6) is -3.46. The van der Waals surface area contributed by atoms with Crippen molar-refractivity contribution in [2.24, 2.45) is 0 Å². The van der Waals surface area contributed by atoms with Gasteiger partial charge in [0.05, 0.1) is 6.61 Å². The first-order chi connectivity index (χ1) is 8.45. The lowest BCUT2D eigenvalue weighted by Crippen LogP contribution is -2.40. The number of cyclic esters (lactones) is 1. The van der Waals surface area contributed by atoms with Crippen molar-refractivity contribution in [2.75, 3.05) is 6.61 Å². The van der Waals surface area contributed by atoms with Crippen molar-refractivity contribution < 1.29 is 28.6 Å². The Kier molecular flexibility index (Phi) is 4.47. The lowest BCUT2D eigenvalue weighted by molar-refractivity contribution is -0.206. The highest BCUT2D eigenvalue weighted by Gasteiger charge is 2.52.